The standard InChI is InChI=1S/C26H29N7/c1-20-8-9-21(2)24(18-20)31-14-16-32(17-15-31)25(23-10-12-27-13-11-23)26-28-29-30-33(26)19-22-6-4-3-5-7-22/h3-13,18,25H,14-17,19H2,1-2H3/p+1/t25-/m1/s1. The molecular weight excluding hydrogens is 410 g/mol. The molecule has 2 aromatic carbocycles. The molecule has 0 aliphatic carbocycles. The van der Waals surface area contributed by atoms with E-state index >= 15 is 0 Å². The van der Waals surface area contributed by atoms with Gasteiger partial charge in [0.2, 0.25) is 5.82 Å². The summed E-state index contributed by atoms with van der Waals surface area (Å²) in [7, 11) is 0. The minimum atomic E-state index is 0.0625. The van der Waals surface area contributed by atoms with Crippen LogP contribution in [0.4, 0.5) is 5.69 Å². The second-order valence-electron chi connectivity index (χ2n) is 8.83. The first-order chi connectivity index (χ1) is 16.2. The molecule has 0 spiro atoms. The van der Waals surface area contributed by atoms with Crippen molar-refractivity contribution >= 4 is 5.69 Å². The molecule has 2 aromatic heterocycles. The van der Waals surface area contributed by atoms with Crippen LogP contribution in [-0.4, -0.2) is 51.4 Å². The van der Waals surface area contributed by atoms with Gasteiger partial charge in [-0.05, 0) is 59.2 Å². The van der Waals surface area contributed by atoms with Gasteiger partial charge in [0.25, 0.3) is 0 Å². The zero-order valence-electron chi connectivity index (χ0n) is 19.2. The predicted molar refractivity (Wildman–Crippen MR) is 128 cm³/mol. The van der Waals surface area contributed by atoms with Gasteiger partial charge >= 0.3 is 0 Å². The van der Waals surface area contributed by atoms with Crippen LogP contribution in [0.2, 0.25) is 0 Å². The maximum atomic E-state index is 4.51. The van der Waals surface area contributed by atoms with Crippen LogP contribution in [-0.2, 0) is 6.54 Å². The van der Waals surface area contributed by atoms with Crippen molar-refractivity contribution in [3.8, 4) is 0 Å². The van der Waals surface area contributed by atoms with Crippen molar-refractivity contribution in [2.24, 2.45) is 0 Å². The number of hydrogen-bond donors (Lipinski definition) is 1. The van der Waals surface area contributed by atoms with Crippen LogP contribution in [0.5, 0.6) is 0 Å². The zero-order chi connectivity index (χ0) is 22.6. The van der Waals surface area contributed by atoms with E-state index in [9.17, 15) is 0 Å². The van der Waals surface area contributed by atoms with Crippen molar-refractivity contribution < 1.29 is 4.90 Å². The number of nitrogens with one attached hydrogen (secondary N) is 1. The molecule has 0 radical (unpaired) electrons. The van der Waals surface area contributed by atoms with Gasteiger partial charge in [-0.1, -0.05) is 42.5 Å². The maximum Gasteiger partial charge on any atom is 0.214 e. The Morgan fingerprint density at radius 3 is 2.45 bits per heavy atom. The Morgan fingerprint density at radius 2 is 1.70 bits per heavy atom. The van der Waals surface area contributed by atoms with Crippen molar-refractivity contribution in [1.82, 2.24) is 25.2 Å². The lowest BCUT2D eigenvalue weighted by Gasteiger charge is -2.37. The molecule has 168 valence electrons. The molecule has 4 aromatic rings. The Bertz CT molecular complexity index is 1180. The number of pyridine rings is 1. The summed E-state index contributed by atoms with van der Waals surface area (Å²) in [4.78, 5) is 8.23. The third-order valence-electron chi connectivity index (χ3n) is 6.55. The quantitative estimate of drug-likeness (QED) is 0.498. The Balaban J connectivity index is 1.41. The number of aromatic nitrogens is 5. The van der Waals surface area contributed by atoms with Gasteiger partial charge in [0, 0.05) is 23.6 Å². The van der Waals surface area contributed by atoms with E-state index in [4.69, 9.17) is 0 Å². The Morgan fingerprint density at radius 1 is 0.939 bits per heavy atom. The predicted octanol–water partition coefficient (Wildman–Crippen LogP) is 2.23. The van der Waals surface area contributed by atoms with Crippen LogP contribution >= 0.6 is 0 Å². The number of nitrogens with zero attached hydrogens (tertiary/aromatic N) is 6. The molecule has 7 heteroatoms. The molecule has 1 aliphatic rings. The number of quaternary nitrogens is 1. The van der Waals surface area contributed by atoms with E-state index in [-0.39, 0.29) is 6.04 Å². The lowest BCUT2D eigenvalue weighted by atomic mass is 10.0. The van der Waals surface area contributed by atoms with Crippen molar-refractivity contribution in [2.45, 2.75) is 26.4 Å². The molecule has 1 aliphatic heterocycles. The van der Waals surface area contributed by atoms with Gasteiger partial charge in [-0.3, -0.25) is 4.98 Å². The van der Waals surface area contributed by atoms with Gasteiger partial charge < -0.3 is 9.80 Å². The number of rotatable bonds is 6. The van der Waals surface area contributed by atoms with E-state index in [0.717, 1.165) is 32.0 Å². The van der Waals surface area contributed by atoms with Crippen molar-refractivity contribution in [3.63, 3.8) is 0 Å². The van der Waals surface area contributed by atoms with E-state index in [2.05, 4.69) is 93.9 Å². The molecule has 1 fully saturated rings. The van der Waals surface area contributed by atoms with Crippen LogP contribution in [0.15, 0.2) is 73.1 Å². The normalized spacial score (nSPS) is 15.5. The summed E-state index contributed by atoms with van der Waals surface area (Å²) in [5.41, 5.74) is 6.38. The van der Waals surface area contributed by atoms with Gasteiger partial charge in [0.1, 0.15) is 0 Å². The molecule has 1 N–H and O–H groups in total. The van der Waals surface area contributed by atoms with Gasteiger partial charge in [-0.25, -0.2) is 4.68 Å². The SMILES string of the molecule is Cc1ccc(C)c(N2CC[NH+]([C@H](c3ccncc3)c3nnnn3Cc3ccccc3)CC2)c1. The van der Waals surface area contributed by atoms with E-state index in [1.807, 2.05) is 23.1 Å². The largest absolute Gasteiger partial charge is 0.360 e. The number of hydrogen-bond acceptors (Lipinski definition) is 5. The van der Waals surface area contributed by atoms with Gasteiger partial charge in [-0.15, -0.1) is 5.10 Å². The van der Waals surface area contributed by atoms with Crippen LogP contribution < -0.4 is 9.80 Å². The number of piperazine rings is 1. The lowest BCUT2D eigenvalue weighted by molar-refractivity contribution is -0.927. The van der Waals surface area contributed by atoms with Crippen LogP contribution in [0.3, 0.4) is 0 Å². The highest BCUT2D eigenvalue weighted by atomic mass is 15.6. The summed E-state index contributed by atoms with van der Waals surface area (Å²) in [5, 5.41) is 12.9. The highest BCUT2D eigenvalue weighted by Crippen LogP contribution is 2.23. The molecular formula is C26H30N7+. The topological polar surface area (TPSA) is 64.2 Å². The summed E-state index contributed by atoms with van der Waals surface area (Å²) in [6.07, 6.45) is 3.72. The maximum absolute atomic E-state index is 4.51. The minimum Gasteiger partial charge on any atom is -0.360 e. The molecule has 1 atom stereocenters. The molecule has 5 rings (SSSR count). The monoisotopic (exact) mass is 440 g/mol. The van der Waals surface area contributed by atoms with Crippen molar-refractivity contribution in [1.29, 1.82) is 0 Å². The van der Waals surface area contributed by atoms with Crippen LogP contribution in [0.25, 0.3) is 0 Å². The first kappa shape index (κ1) is 21.3. The number of benzene rings is 2. The minimum absolute atomic E-state index is 0.0625. The molecule has 1 saturated heterocycles. The summed E-state index contributed by atoms with van der Waals surface area (Å²) >= 11 is 0. The molecule has 33 heavy (non-hydrogen) atoms. The molecule has 0 unspecified atom stereocenters. The van der Waals surface area contributed by atoms with Gasteiger partial charge in [-0.2, -0.15) is 0 Å². The number of aryl methyl sites for hydroxylation is 2. The first-order valence-electron chi connectivity index (χ1n) is 11.6. The summed E-state index contributed by atoms with van der Waals surface area (Å²) in [6, 6.07) is 21.3. The van der Waals surface area contributed by atoms with Gasteiger partial charge in [0.05, 0.1) is 32.7 Å². The molecule has 3 heterocycles. The second kappa shape index (κ2) is 9.50. The average molecular weight is 441 g/mol. The van der Waals surface area contributed by atoms with Gasteiger partial charge in [0.15, 0.2) is 6.04 Å². The van der Waals surface area contributed by atoms with Crippen molar-refractivity contribution in [2.75, 3.05) is 31.1 Å². The fourth-order valence-electron chi connectivity index (χ4n) is 4.79. The summed E-state index contributed by atoms with van der Waals surface area (Å²) in [6.45, 7) is 9.05. The Kier molecular flexibility index (Phi) is 6.13. The third-order valence-corrected chi connectivity index (χ3v) is 6.55. The third kappa shape index (κ3) is 4.64. The van der Waals surface area contributed by atoms with Crippen LogP contribution in [0.1, 0.15) is 34.1 Å². The summed E-state index contributed by atoms with van der Waals surface area (Å²) in [5.74, 6) is 0.903. The van der Waals surface area contributed by atoms with Crippen LogP contribution in [0, 0.1) is 13.8 Å². The smallest absolute Gasteiger partial charge is 0.214 e. The van der Waals surface area contributed by atoms with E-state index in [1.165, 1.54) is 32.8 Å². The average Bonchev–Trinajstić information content (AvgIpc) is 3.30. The fourth-order valence-corrected chi connectivity index (χ4v) is 4.79. The Labute approximate surface area is 194 Å². The Hall–Kier alpha value is -3.58. The zero-order valence-corrected chi connectivity index (χ0v) is 19.2. The molecule has 7 nitrogen and oxygen atoms in total. The fraction of sp³-hybridized carbons (Fsp3) is 0.308. The second-order valence-corrected chi connectivity index (χ2v) is 8.83. The molecule has 0 saturated carbocycles. The van der Waals surface area contributed by atoms with Crippen molar-refractivity contribution in [3.05, 3.63) is 101 Å². The number of tetrazole rings is 1. The number of anilines is 1. The summed E-state index contributed by atoms with van der Waals surface area (Å²) < 4.78 is 1.95. The molecule has 0 amide bonds. The van der Waals surface area contributed by atoms with E-state index in [1.54, 1.807) is 0 Å². The van der Waals surface area contributed by atoms with E-state index in [0.29, 0.717) is 6.54 Å². The highest BCUT2D eigenvalue weighted by molar-refractivity contribution is 5.55. The highest BCUT2D eigenvalue weighted by Gasteiger charge is 2.34. The van der Waals surface area contributed by atoms with E-state index < -0.39 is 0 Å². The first-order valence-corrected chi connectivity index (χ1v) is 11.6. The lowest BCUT2D eigenvalue weighted by Crippen LogP contribution is -3.15. The molecule has 0 bridgehead atoms.